The van der Waals surface area contributed by atoms with Gasteiger partial charge in [-0.1, -0.05) is 34.1 Å². The van der Waals surface area contributed by atoms with Crippen molar-refractivity contribution in [3.05, 3.63) is 0 Å². The van der Waals surface area contributed by atoms with E-state index in [-0.39, 0.29) is 0 Å². The summed E-state index contributed by atoms with van der Waals surface area (Å²) < 4.78 is 0. The predicted octanol–water partition coefficient (Wildman–Crippen LogP) is 3.61. The normalized spacial score (nSPS) is 52.4. The van der Waals surface area contributed by atoms with Gasteiger partial charge in [-0.15, -0.1) is 0 Å². The lowest BCUT2D eigenvalue weighted by molar-refractivity contribution is 0.343. The van der Waals surface area contributed by atoms with Crippen molar-refractivity contribution in [2.45, 2.75) is 53.4 Å². The van der Waals surface area contributed by atoms with Crippen LogP contribution in [0.2, 0.25) is 0 Å². The Morgan fingerprint density at radius 3 is 2.00 bits per heavy atom. The third-order valence-electron chi connectivity index (χ3n) is 5.45. The smallest absolute Gasteiger partial charge is 0.0184 e. The zero-order chi connectivity index (χ0) is 8.33. The van der Waals surface area contributed by atoms with E-state index in [9.17, 15) is 0 Å². The van der Waals surface area contributed by atoms with Crippen LogP contribution in [0, 0.1) is 16.2 Å². The van der Waals surface area contributed by atoms with Crippen LogP contribution in [0.4, 0.5) is 0 Å². The van der Waals surface area contributed by atoms with Crippen LogP contribution in [0.5, 0.6) is 0 Å². The summed E-state index contributed by atoms with van der Waals surface area (Å²) in [5.74, 6) is 0. The SMILES string of the molecule is CCC12CCCC1(C)C2(C)C. The Morgan fingerprint density at radius 2 is 1.73 bits per heavy atom. The Balaban J connectivity index is 2.36. The maximum atomic E-state index is 2.50. The molecule has 0 radical (unpaired) electrons. The molecule has 0 aromatic heterocycles. The van der Waals surface area contributed by atoms with Crippen LogP contribution in [0.1, 0.15) is 53.4 Å². The molecule has 0 spiro atoms. The van der Waals surface area contributed by atoms with E-state index in [2.05, 4.69) is 27.7 Å². The van der Waals surface area contributed by atoms with Crippen molar-refractivity contribution in [1.29, 1.82) is 0 Å². The molecule has 0 aromatic carbocycles. The van der Waals surface area contributed by atoms with E-state index >= 15 is 0 Å². The highest BCUT2D eigenvalue weighted by molar-refractivity contribution is 5.27. The standard InChI is InChI=1S/C11H20/c1-5-11-8-6-7-10(11,4)9(11,2)3/h5-8H2,1-4H3. The number of rotatable bonds is 1. The largest absolute Gasteiger partial charge is 0.0648 e. The fraction of sp³-hybridized carbons (Fsp3) is 1.00. The van der Waals surface area contributed by atoms with Gasteiger partial charge in [0, 0.05) is 0 Å². The molecule has 0 N–H and O–H groups in total. The molecule has 0 aromatic rings. The van der Waals surface area contributed by atoms with Gasteiger partial charge < -0.3 is 0 Å². The van der Waals surface area contributed by atoms with Crippen molar-refractivity contribution < 1.29 is 0 Å². The fourth-order valence-corrected chi connectivity index (χ4v) is 4.29. The van der Waals surface area contributed by atoms with E-state index in [4.69, 9.17) is 0 Å². The van der Waals surface area contributed by atoms with Crippen LogP contribution in [0.25, 0.3) is 0 Å². The average molecular weight is 152 g/mol. The van der Waals surface area contributed by atoms with Gasteiger partial charge in [0.2, 0.25) is 0 Å². The minimum atomic E-state index is 0.646. The number of fused-ring (bicyclic) bond motifs is 1. The van der Waals surface area contributed by atoms with E-state index in [1.54, 1.807) is 0 Å². The molecule has 0 nitrogen and oxygen atoms in total. The summed E-state index contributed by atoms with van der Waals surface area (Å²) in [4.78, 5) is 0. The number of hydrogen-bond acceptors (Lipinski definition) is 0. The average Bonchev–Trinajstić information content (AvgIpc) is 2.30. The monoisotopic (exact) mass is 152 g/mol. The van der Waals surface area contributed by atoms with Crippen LogP contribution in [-0.4, -0.2) is 0 Å². The van der Waals surface area contributed by atoms with Gasteiger partial charge in [-0.2, -0.15) is 0 Å². The maximum Gasteiger partial charge on any atom is -0.0184 e. The van der Waals surface area contributed by atoms with Crippen molar-refractivity contribution in [1.82, 2.24) is 0 Å². The molecule has 64 valence electrons. The second-order valence-corrected chi connectivity index (χ2v) is 5.25. The molecule has 2 atom stereocenters. The molecule has 0 bridgehead atoms. The van der Waals surface area contributed by atoms with Crippen LogP contribution < -0.4 is 0 Å². The Bertz CT molecular complexity index is 192. The Labute approximate surface area is 70.4 Å². The summed E-state index contributed by atoms with van der Waals surface area (Å²) in [6.45, 7) is 9.81. The lowest BCUT2D eigenvalue weighted by Crippen LogP contribution is -2.06. The molecule has 0 saturated heterocycles. The maximum absolute atomic E-state index is 2.50. The number of hydrogen-bond donors (Lipinski definition) is 0. The van der Waals surface area contributed by atoms with E-state index in [0.717, 1.165) is 5.41 Å². The lowest BCUT2D eigenvalue weighted by atomic mass is 9.89. The zero-order valence-corrected chi connectivity index (χ0v) is 8.33. The summed E-state index contributed by atoms with van der Waals surface area (Å²) in [6.07, 6.45) is 5.85. The van der Waals surface area contributed by atoms with Gasteiger partial charge in [-0.05, 0) is 35.5 Å². The molecule has 2 fully saturated rings. The second-order valence-electron chi connectivity index (χ2n) is 5.25. The van der Waals surface area contributed by atoms with Crippen LogP contribution >= 0.6 is 0 Å². The highest BCUT2D eigenvalue weighted by Gasteiger charge is 2.79. The van der Waals surface area contributed by atoms with Crippen LogP contribution in [0.15, 0.2) is 0 Å². The molecule has 0 heteroatoms. The first kappa shape index (κ1) is 7.64. The molecular formula is C11H20. The molecule has 0 heterocycles. The molecule has 2 rings (SSSR count). The van der Waals surface area contributed by atoms with Crippen molar-refractivity contribution in [3.8, 4) is 0 Å². The zero-order valence-electron chi connectivity index (χ0n) is 8.33. The van der Waals surface area contributed by atoms with Gasteiger partial charge >= 0.3 is 0 Å². The van der Waals surface area contributed by atoms with Crippen molar-refractivity contribution in [2.75, 3.05) is 0 Å². The third kappa shape index (κ3) is 0.494. The third-order valence-corrected chi connectivity index (χ3v) is 5.45. The first-order valence-electron chi connectivity index (χ1n) is 5.02. The van der Waals surface area contributed by atoms with Crippen LogP contribution in [0.3, 0.4) is 0 Å². The molecule has 2 unspecified atom stereocenters. The van der Waals surface area contributed by atoms with Crippen molar-refractivity contribution >= 4 is 0 Å². The molecule has 2 saturated carbocycles. The Kier molecular flexibility index (Phi) is 1.16. The minimum absolute atomic E-state index is 0.646. The van der Waals surface area contributed by atoms with E-state index in [0.29, 0.717) is 10.8 Å². The van der Waals surface area contributed by atoms with E-state index < -0.39 is 0 Å². The summed E-state index contributed by atoms with van der Waals surface area (Å²) in [6, 6.07) is 0. The van der Waals surface area contributed by atoms with E-state index in [1.807, 2.05) is 0 Å². The quantitative estimate of drug-likeness (QED) is 0.538. The summed E-state index contributed by atoms with van der Waals surface area (Å²) in [5, 5.41) is 0. The molecule has 2 aliphatic rings. The minimum Gasteiger partial charge on any atom is -0.0648 e. The summed E-state index contributed by atoms with van der Waals surface area (Å²) in [5.41, 5.74) is 2.09. The molecule has 0 aliphatic heterocycles. The first-order valence-corrected chi connectivity index (χ1v) is 5.02. The molecule has 11 heavy (non-hydrogen) atoms. The predicted molar refractivity (Wildman–Crippen MR) is 48.5 cm³/mol. The highest BCUT2D eigenvalue weighted by atomic mass is 14.8. The molecule has 2 aliphatic carbocycles. The second kappa shape index (κ2) is 1.67. The van der Waals surface area contributed by atoms with Gasteiger partial charge in [-0.3, -0.25) is 0 Å². The van der Waals surface area contributed by atoms with Crippen molar-refractivity contribution in [3.63, 3.8) is 0 Å². The van der Waals surface area contributed by atoms with Gasteiger partial charge in [0.15, 0.2) is 0 Å². The van der Waals surface area contributed by atoms with Gasteiger partial charge in [0.05, 0.1) is 0 Å². The summed E-state index contributed by atoms with van der Waals surface area (Å²) >= 11 is 0. The van der Waals surface area contributed by atoms with Gasteiger partial charge in [0.25, 0.3) is 0 Å². The van der Waals surface area contributed by atoms with E-state index in [1.165, 1.54) is 25.7 Å². The topological polar surface area (TPSA) is 0 Å². The molecular weight excluding hydrogens is 132 g/mol. The Morgan fingerprint density at radius 1 is 1.09 bits per heavy atom. The van der Waals surface area contributed by atoms with Crippen LogP contribution in [-0.2, 0) is 0 Å². The lowest BCUT2D eigenvalue weighted by Gasteiger charge is -2.16. The molecule has 0 amide bonds. The fourth-order valence-electron chi connectivity index (χ4n) is 4.29. The van der Waals surface area contributed by atoms with Gasteiger partial charge in [0.1, 0.15) is 0 Å². The van der Waals surface area contributed by atoms with Crippen molar-refractivity contribution in [2.24, 2.45) is 16.2 Å². The first-order chi connectivity index (χ1) is 5.02. The summed E-state index contributed by atoms with van der Waals surface area (Å²) in [7, 11) is 0. The highest BCUT2D eigenvalue weighted by Crippen LogP contribution is 2.86. The van der Waals surface area contributed by atoms with Gasteiger partial charge in [-0.25, -0.2) is 0 Å². The Hall–Kier alpha value is 0.